The molecule has 0 bridgehead atoms. The fraction of sp³-hybridized carbons (Fsp3) is 0.467. The summed E-state index contributed by atoms with van der Waals surface area (Å²) in [6.45, 7) is 0.201. The highest BCUT2D eigenvalue weighted by Gasteiger charge is 2.04. The highest BCUT2D eigenvalue weighted by Crippen LogP contribution is 2.11. The van der Waals surface area contributed by atoms with Gasteiger partial charge >= 0.3 is 0 Å². The van der Waals surface area contributed by atoms with Gasteiger partial charge in [-0.1, -0.05) is 6.42 Å². The maximum Gasteiger partial charge on any atom is 0.251 e. The molecule has 5 nitrogen and oxygen atoms in total. The third-order valence-electron chi connectivity index (χ3n) is 2.95. The zero-order valence-corrected chi connectivity index (χ0v) is 11.7. The van der Waals surface area contributed by atoms with Crippen LogP contribution in [0.4, 0.5) is 0 Å². The van der Waals surface area contributed by atoms with Gasteiger partial charge in [-0.25, -0.2) is 0 Å². The van der Waals surface area contributed by atoms with Crippen molar-refractivity contribution < 1.29 is 19.4 Å². The second-order valence-electron chi connectivity index (χ2n) is 4.49. The molecule has 2 N–H and O–H groups in total. The molecule has 0 saturated heterocycles. The second-order valence-corrected chi connectivity index (χ2v) is 4.49. The molecule has 0 aromatic heterocycles. The number of methoxy groups -OCH3 is 1. The number of carbonyl (C=O) groups is 2. The van der Waals surface area contributed by atoms with Crippen LogP contribution in [0.5, 0.6) is 5.75 Å². The lowest BCUT2D eigenvalue weighted by molar-refractivity contribution is -0.121. The molecule has 0 unspecified atom stereocenters. The average Bonchev–Trinajstić information content (AvgIpc) is 2.50. The van der Waals surface area contributed by atoms with E-state index in [9.17, 15) is 9.59 Å². The van der Waals surface area contributed by atoms with Crippen molar-refractivity contribution in [2.24, 2.45) is 0 Å². The van der Waals surface area contributed by atoms with Crippen LogP contribution in [0.2, 0.25) is 0 Å². The number of rotatable bonds is 9. The standard InChI is InChI=1S/C15H21NO4/c1-20-14-8-6-12(7-9-14)15(19)16-10-4-2-3-5-13(18)11-17/h6-9,17H,2-5,10-11H2,1H3,(H,16,19). The molecule has 110 valence electrons. The van der Waals surface area contributed by atoms with Crippen molar-refractivity contribution in [1.29, 1.82) is 0 Å². The minimum atomic E-state index is -0.381. The summed E-state index contributed by atoms with van der Waals surface area (Å²) in [5.74, 6) is 0.474. The van der Waals surface area contributed by atoms with Crippen LogP contribution in [0.1, 0.15) is 36.0 Å². The minimum Gasteiger partial charge on any atom is -0.497 e. The number of amides is 1. The summed E-state index contributed by atoms with van der Waals surface area (Å²) in [6.07, 6.45) is 2.83. The van der Waals surface area contributed by atoms with Crippen molar-refractivity contribution in [1.82, 2.24) is 5.32 Å². The Kier molecular flexibility index (Phi) is 7.35. The third-order valence-corrected chi connectivity index (χ3v) is 2.95. The van der Waals surface area contributed by atoms with E-state index in [2.05, 4.69) is 5.32 Å². The van der Waals surface area contributed by atoms with Crippen LogP contribution < -0.4 is 10.1 Å². The van der Waals surface area contributed by atoms with Crippen molar-refractivity contribution in [2.75, 3.05) is 20.3 Å². The Hall–Kier alpha value is -1.88. The zero-order valence-electron chi connectivity index (χ0n) is 11.7. The number of hydrogen-bond acceptors (Lipinski definition) is 4. The van der Waals surface area contributed by atoms with E-state index in [1.807, 2.05) is 0 Å². The molecule has 0 saturated carbocycles. The van der Waals surface area contributed by atoms with Crippen LogP contribution in [0, 0.1) is 0 Å². The monoisotopic (exact) mass is 279 g/mol. The first kappa shape index (κ1) is 16.2. The Bertz CT molecular complexity index is 428. The molecule has 0 aliphatic carbocycles. The molecule has 0 radical (unpaired) electrons. The van der Waals surface area contributed by atoms with Gasteiger partial charge in [0.2, 0.25) is 0 Å². The van der Waals surface area contributed by atoms with Gasteiger partial charge in [-0.3, -0.25) is 9.59 Å². The number of ether oxygens (including phenoxy) is 1. The van der Waals surface area contributed by atoms with Gasteiger partial charge in [0, 0.05) is 18.5 Å². The molecule has 20 heavy (non-hydrogen) atoms. The van der Waals surface area contributed by atoms with Crippen LogP contribution in [-0.2, 0) is 4.79 Å². The number of benzene rings is 1. The lowest BCUT2D eigenvalue weighted by atomic mass is 10.1. The summed E-state index contributed by atoms with van der Waals surface area (Å²) in [4.78, 5) is 22.7. The van der Waals surface area contributed by atoms with E-state index in [0.29, 0.717) is 18.5 Å². The van der Waals surface area contributed by atoms with Gasteiger partial charge < -0.3 is 15.2 Å². The van der Waals surface area contributed by atoms with Crippen molar-refractivity contribution in [3.8, 4) is 5.75 Å². The Morgan fingerprint density at radius 3 is 2.45 bits per heavy atom. The summed E-state index contributed by atoms with van der Waals surface area (Å²) in [6, 6.07) is 6.92. The van der Waals surface area contributed by atoms with E-state index in [-0.39, 0.29) is 18.3 Å². The van der Waals surface area contributed by atoms with Gasteiger partial charge in [0.25, 0.3) is 5.91 Å². The largest absolute Gasteiger partial charge is 0.497 e. The topological polar surface area (TPSA) is 75.6 Å². The molecule has 0 fully saturated rings. The Balaban J connectivity index is 2.18. The van der Waals surface area contributed by atoms with Crippen LogP contribution in [0.3, 0.4) is 0 Å². The first-order valence-electron chi connectivity index (χ1n) is 6.72. The molecule has 1 aromatic carbocycles. The predicted octanol–water partition coefficient (Wildman–Crippen LogP) is 1.55. The lowest BCUT2D eigenvalue weighted by Crippen LogP contribution is -2.24. The normalized spacial score (nSPS) is 10.1. The number of Topliss-reactive ketones (excluding diaryl/α,β-unsaturated/α-hetero) is 1. The van der Waals surface area contributed by atoms with Gasteiger partial charge in [-0.2, -0.15) is 0 Å². The fourth-order valence-electron chi connectivity index (χ4n) is 1.75. The van der Waals surface area contributed by atoms with Crippen LogP contribution in [0.25, 0.3) is 0 Å². The average molecular weight is 279 g/mol. The molecule has 0 spiro atoms. The summed E-state index contributed by atoms with van der Waals surface area (Å²) in [7, 11) is 1.58. The molecule has 1 aromatic rings. The SMILES string of the molecule is COc1ccc(C(=O)NCCCCCC(=O)CO)cc1. The van der Waals surface area contributed by atoms with Crippen LogP contribution in [0.15, 0.2) is 24.3 Å². The van der Waals surface area contributed by atoms with E-state index in [0.717, 1.165) is 25.0 Å². The minimum absolute atomic E-state index is 0.112. The molecular weight excluding hydrogens is 258 g/mol. The number of nitrogens with one attached hydrogen (secondary N) is 1. The first-order valence-corrected chi connectivity index (χ1v) is 6.72. The van der Waals surface area contributed by atoms with Gasteiger partial charge in [0.15, 0.2) is 5.78 Å². The number of aliphatic hydroxyl groups excluding tert-OH is 1. The van der Waals surface area contributed by atoms with E-state index >= 15 is 0 Å². The maximum atomic E-state index is 11.8. The van der Waals surface area contributed by atoms with Crippen molar-refractivity contribution in [3.63, 3.8) is 0 Å². The third kappa shape index (κ3) is 5.84. The Morgan fingerprint density at radius 2 is 1.85 bits per heavy atom. The molecular formula is C15H21NO4. The van der Waals surface area contributed by atoms with Gasteiger partial charge in [-0.05, 0) is 37.1 Å². The number of ketones is 1. The summed E-state index contributed by atoms with van der Waals surface area (Å²) in [5.41, 5.74) is 0.598. The number of aliphatic hydroxyl groups is 1. The highest BCUT2D eigenvalue weighted by molar-refractivity contribution is 5.94. The lowest BCUT2D eigenvalue weighted by Gasteiger charge is -2.06. The van der Waals surface area contributed by atoms with Gasteiger partial charge in [-0.15, -0.1) is 0 Å². The highest BCUT2D eigenvalue weighted by atomic mass is 16.5. The Morgan fingerprint density at radius 1 is 1.15 bits per heavy atom. The second kappa shape index (κ2) is 9.09. The molecule has 0 heterocycles. The van der Waals surface area contributed by atoms with Crippen molar-refractivity contribution >= 4 is 11.7 Å². The van der Waals surface area contributed by atoms with Crippen molar-refractivity contribution in [3.05, 3.63) is 29.8 Å². The zero-order chi connectivity index (χ0) is 14.8. The number of unbranched alkanes of at least 4 members (excludes halogenated alkanes) is 2. The van der Waals surface area contributed by atoms with Crippen LogP contribution in [-0.4, -0.2) is 37.1 Å². The molecule has 5 heteroatoms. The molecule has 0 aliphatic heterocycles. The van der Waals surface area contributed by atoms with E-state index in [4.69, 9.17) is 9.84 Å². The van der Waals surface area contributed by atoms with Crippen molar-refractivity contribution in [2.45, 2.75) is 25.7 Å². The van der Waals surface area contributed by atoms with E-state index in [1.165, 1.54) is 0 Å². The summed E-state index contributed by atoms with van der Waals surface area (Å²) in [5, 5.41) is 11.4. The maximum absolute atomic E-state index is 11.8. The Labute approximate surface area is 118 Å². The van der Waals surface area contributed by atoms with Gasteiger partial charge in [0.1, 0.15) is 12.4 Å². The smallest absolute Gasteiger partial charge is 0.251 e. The fourth-order valence-corrected chi connectivity index (χ4v) is 1.75. The molecule has 0 atom stereocenters. The van der Waals surface area contributed by atoms with Crippen LogP contribution >= 0.6 is 0 Å². The number of hydrogen-bond donors (Lipinski definition) is 2. The predicted molar refractivity (Wildman–Crippen MR) is 75.9 cm³/mol. The summed E-state index contributed by atoms with van der Waals surface area (Å²) >= 11 is 0. The quantitative estimate of drug-likeness (QED) is 0.672. The van der Waals surface area contributed by atoms with E-state index in [1.54, 1.807) is 31.4 Å². The molecule has 0 aliphatic rings. The van der Waals surface area contributed by atoms with E-state index < -0.39 is 0 Å². The molecule has 1 amide bonds. The first-order chi connectivity index (χ1) is 9.67. The summed E-state index contributed by atoms with van der Waals surface area (Å²) < 4.78 is 5.03. The van der Waals surface area contributed by atoms with Gasteiger partial charge in [0.05, 0.1) is 7.11 Å². The number of carbonyl (C=O) groups excluding carboxylic acids is 2. The molecule has 1 rings (SSSR count).